The lowest BCUT2D eigenvalue weighted by Crippen LogP contribution is -2.10. The molecule has 0 radical (unpaired) electrons. The lowest BCUT2D eigenvalue weighted by atomic mass is 10.2. The van der Waals surface area contributed by atoms with Crippen LogP contribution in [0.4, 0.5) is 0 Å². The summed E-state index contributed by atoms with van der Waals surface area (Å²) < 4.78 is 12.8. The summed E-state index contributed by atoms with van der Waals surface area (Å²) in [5, 5.41) is 7.90. The number of nitrogens with zero attached hydrogens (tertiary/aromatic N) is 5. The van der Waals surface area contributed by atoms with E-state index in [0.29, 0.717) is 5.92 Å². The molecular weight excluding hydrogens is 350 g/mol. The van der Waals surface area contributed by atoms with E-state index >= 15 is 0 Å². The summed E-state index contributed by atoms with van der Waals surface area (Å²) in [6.07, 6.45) is 2.32. The van der Waals surface area contributed by atoms with Crippen molar-refractivity contribution in [1.29, 1.82) is 0 Å². The van der Waals surface area contributed by atoms with Gasteiger partial charge in [-0.3, -0.25) is 0 Å². The zero-order chi connectivity index (χ0) is 17.7. The lowest BCUT2D eigenvalue weighted by molar-refractivity contribution is 0.174. The van der Waals surface area contributed by atoms with Gasteiger partial charge in [-0.05, 0) is 39.1 Å². The Hall–Kier alpha value is -2.45. The minimum atomic E-state index is 0.260. The first-order valence-electron chi connectivity index (χ1n) is 8.64. The maximum atomic E-state index is 5.52. The summed E-state index contributed by atoms with van der Waals surface area (Å²) in [6.45, 7) is 1.08. The zero-order valence-corrected chi connectivity index (χ0v) is 15.5. The molecule has 3 aromatic rings. The standard InChI is InChI=1S/C18H19N5O2S/c1-22(2)8-16-19-13(9-26-16)18-20-17(11-3-4-11)21-23(18)12-5-6-14-15(7-12)25-10-24-14/h5-7,9,11H,3-4,8,10H2,1-2H3. The quantitative estimate of drug-likeness (QED) is 0.689. The molecule has 3 heterocycles. The van der Waals surface area contributed by atoms with Gasteiger partial charge in [0.25, 0.3) is 0 Å². The van der Waals surface area contributed by atoms with Gasteiger partial charge >= 0.3 is 0 Å². The second-order valence-corrected chi connectivity index (χ2v) is 7.82. The molecule has 0 atom stereocenters. The number of aromatic nitrogens is 4. The molecule has 7 nitrogen and oxygen atoms in total. The first-order valence-corrected chi connectivity index (χ1v) is 9.52. The summed E-state index contributed by atoms with van der Waals surface area (Å²) in [5.41, 5.74) is 1.77. The molecule has 0 saturated heterocycles. The third kappa shape index (κ3) is 2.85. The van der Waals surface area contributed by atoms with Gasteiger partial charge in [-0.1, -0.05) is 0 Å². The summed E-state index contributed by atoms with van der Waals surface area (Å²) in [5.74, 6) is 3.67. The van der Waals surface area contributed by atoms with Crippen LogP contribution in [-0.4, -0.2) is 45.5 Å². The van der Waals surface area contributed by atoms with Crippen LogP contribution in [0.5, 0.6) is 11.5 Å². The molecule has 0 N–H and O–H groups in total. The first-order chi connectivity index (χ1) is 12.7. The van der Waals surface area contributed by atoms with Crippen molar-refractivity contribution in [1.82, 2.24) is 24.6 Å². The third-order valence-electron chi connectivity index (χ3n) is 4.40. The summed E-state index contributed by atoms with van der Waals surface area (Å²) in [4.78, 5) is 11.7. The van der Waals surface area contributed by atoms with E-state index in [2.05, 4.69) is 10.3 Å². The van der Waals surface area contributed by atoms with Crippen molar-refractivity contribution in [3.8, 4) is 28.7 Å². The highest BCUT2D eigenvalue weighted by atomic mass is 32.1. The fourth-order valence-electron chi connectivity index (χ4n) is 2.96. The molecule has 26 heavy (non-hydrogen) atoms. The van der Waals surface area contributed by atoms with Crippen LogP contribution in [0.15, 0.2) is 23.6 Å². The molecule has 134 valence electrons. The van der Waals surface area contributed by atoms with Crippen LogP contribution >= 0.6 is 11.3 Å². The van der Waals surface area contributed by atoms with Crippen LogP contribution in [0.3, 0.4) is 0 Å². The fraction of sp³-hybridized carbons (Fsp3) is 0.389. The zero-order valence-electron chi connectivity index (χ0n) is 14.7. The largest absolute Gasteiger partial charge is 0.454 e. The van der Waals surface area contributed by atoms with Gasteiger partial charge in [-0.25, -0.2) is 14.6 Å². The molecule has 1 aromatic carbocycles. The van der Waals surface area contributed by atoms with Gasteiger partial charge in [-0.2, -0.15) is 5.10 Å². The van der Waals surface area contributed by atoms with Crippen molar-refractivity contribution in [3.63, 3.8) is 0 Å². The average Bonchev–Trinajstić information content (AvgIpc) is 3.04. The molecule has 8 heteroatoms. The Kier molecular flexibility index (Phi) is 3.68. The Bertz CT molecular complexity index is 960. The highest BCUT2D eigenvalue weighted by Gasteiger charge is 2.30. The van der Waals surface area contributed by atoms with Crippen molar-refractivity contribution < 1.29 is 9.47 Å². The summed E-state index contributed by atoms with van der Waals surface area (Å²) in [7, 11) is 4.09. The third-order valence-corrected chi connectivity index (χ3v) is 5.23. The van der Waals surface area contributed by atoms with Gasteiger partial charge in [0.15, 0.2) is 23.1 Å². The number of hydrogen-bond donors (Lipinski definition) is 0. The number of benzene rings is 1. The van der Waals surface area contributed by atoms with E-state index in [4.69, 9.17) is 24.5 Å². The van der Waals surface area contributed by atoms with Gasteiger partial charge in [0.05, 0.1) is 5.69 Å². The van der Waals surface area contributed by atoms with E-state index in [1.807, 2.05) is 37.0 Å². The van der Waals surface area contributed by atoms with Crippen LogP contribution in [0.2, 0.25) is 0 Å². The van der Waals surface area contributed by atoms with Crippen LogP contribution in [0, 0.1) is 0 Å². The van der Waals surface area contributed by atoms with E-state index < -0.39 is 0 Å². The number of thiazole rings is 1. The Balaban J connectivity index is 1.57. The second-order valence-electron chi connectivity index (χ2n) is 6.88. The fourth-order valence-corrected chi connectivity index (χ4v) is 3.85. The summed E-state index contributed by atoms with van der Waals surface area (Å²) >= 11 is 1.65. The van der Waals surface area contributed by atoms with E-state index in [0.717, 1.165) is 58.9 Å². The van der Waals surface area contributed by atoms with Crippen molar-refractivity contribution in [2.75, 3.05) is 20.9 Å². The molecule has 1 fully saturated rings. The van der Waals surface area contributed by atoms with Crippen molar-refractivity contribution in [3.05, 3.63) is 34.4 Å². The van der Waals surface area contributed by atoms with Gasteiger partial charge in [-0.15, -0.1) is 11.3 Å². The van der Waals surface area contributed by atoms with Crippen molar-refractivity contribution in [2.45, 2.75) is 25.3 Å². The normalized spacial score (nSPS) is 15.8. The number of fused-ring (bicyclic) bond motifs is 1. The lowest BCUT2D eigenvalue weighted by Gasteiger charge is -2.06. The Morgan fingerprint density at radius 3 is 2.85 bits per heavy atom. The van der Waals surface area contributed by atoms with Crippen molar-refractivity contribution in [2.24, 2.45) is 0 Å². The molecule has 0 unspecified atom stereocenters. The van der Waals surface area contributed by atoms with E-state index in [1.54, 1.807) is 11.3 Å². The van der Waals surface area contributed by atoms with Crippen LogP contribution in [0.1, 0.15) is 29.6 Å². The molecule has 0 spiro atoms. The minimum Gasteiger partial charge on any atom is -0.454 e. The Morgan fingerprint density at radius 2 is 2.04 bits per heavy atom. The predicted octanol–water partition coefficient (Wildman–Crippen LogP) is 3.06. The minimum absolute atomic E-state index is 0.260. The molecule has 1 aliphatic carbocycles. The average molecular weight is 369 g/mol. The molecule has 0 amide bonds. The maximum absolute atomic E-state index is 5.52. The molecule has 5 rings (SSSR count). The van der Waals surface area contributed by atoms with E-state index in [1.165, 1.54) is 0 Å². The molecular formula is C18H19N5O2S. The molecule has 0 bridgehead atoms. The second kappa shape index (κ2) is 6.07. The topological polar surface area (TPSA) is 65.3 Å². The highest BCUT2D eigenvalue weighted by Crippen LogP contribution is 2.40. The number of rotatable bonds is 5. The SMILES string of the molecule is CN(C)Cc1nc(-c2nc(C3CC3)nn2-c2ccc3c(c2)OCO3)cs1. The Labute approximate surface area is 155 Å². The molecule has 1 aliphatic heterocycles. The smallest absolute Gasteiger partial charge is 0.231 e. The van der Waals surface area contributed by atoms with E-state index in [9.17, 15) is 0 Å². The number of hydrogen-bond acceptors (Lipinski definition) is 7. The monoisotopic (exact) mass is 369 g/mol. The van der Waals surface area contributed by atoms with Crippen LogP contribution < -0.4 is 9.47 Å². The maximum Gasteiger partial charge on any atom is 0.231 e. The van der Waals surface area contributed by atoms with Gasteiger partial charge in [0, 0.05) is 23.9 Å². The first kappa shape index (κ1) is 15.8. The molecule has 2 aliphatic rings. The summed E-state index contributed by atoms with van der Waals surface area (Å²) in [6, 6.07) is 5.85. The number of ether oxygens (including phenoxy) is 2. The van der Waals surface area contributed by atoms with Crippen LogP contribution in [-0.2, 0) is 6.54 Å². The van der Waals surface area contributed by atoms with Crippen molar-refractivity contribution >= 4 is 11.3 Å². The molecule has 2 aromatic heterocycles. The van der Waals surface area contributed by atoms with Gasteiger partial charge < -0.3 is 14.4 Å². The van der Waals surface area contributed by atoms with Gasteiger partial charge in [0.1, 0.15) is 10.7 Å². The molecule has 1 saturated carbocycles. The highest BCUT2D eigenvalue weighted by molar-refractivity contribution is 7.09. The van der Waals surface area contributed by atoms with E-state index in [-0.39, 0.29) is 6.79 Å². The Morgan fingerprint density at radius 1 is 1.19 bits per heavy atom. The predicted molar refractivity (Wildman–Crippen MR) is 98.0 cm³/mol. The van der Waals surface area contributed by atoms with Gasteiger partial charge in [0.2, 0.25) is 6.79 Å². The van der Waals surface area contributed by atoms with Crippen LogP contribution in [0.25, 0.3) is 17.2 Å².